The lowest BCUT2D eigenvalue weighted by molar-refractivity contribution is 0.147. The summed E-state index contributed by atoms with van der Waals surface area (Å²) in [5, 5.41) is 1.19. The number of fused-ring (bicyclic) bond motifs is 1. The van der Waals surface area contributed by atoms with E-state index in [9.17, 15) is 0 Å². The molecule has 2 aliphatic rings. The molecule has 0 bridgehead atoms. The number of hydrogen-bond acceptors (Lipinski definition) is 5. The number of rotatable bonds is 3. The van der Waals surface area contributed by atoms with Crippen LogP contribution in [0.1, 0.15) is 32.1 Å². The number of nitrogens with one attached hydrogen (secondary N) is 1. The molecule has 0 spiro atoms. The van der Waals surface area contributed by atoms with Crippen molar-refractivity contribution in [3.8, 4) is 11.1 Å². The minimum Gasteiger partial charge on any atom is -0.369 e. The largest absolute Gasteiger partial charge is 0.369 e. The molecule has 0 amide bonds. The number of hydrogen-bond donors (Lipinski definition) is 1. The molecule has 2 aliphatic heterocycles. The highest BCUT2D eigenvalue weighted by Crippen LogP contribution is 2.36. The zero-order chi connectivity index (χ0) is 18.1. The number of pyridine rings is 1. The van der Waals surface area contributed by atoms with E-state index in [-0.39, 0.29) is 0 Å². The van der Waals surface area contributed by atoms with E-state index in [0.717, 1.165) is 29.9 Å². The van der Waals surface area contributed by atoms with Gasteiger partial charge in [0, 0.05) is 60.7 Å². The third-order valence-electron chi connectivity index (χ3n) is 6.07. The Bertz CT molecular complexity index is 899. The highest BCUT2D eigenvalue weighted by atomic mass is 15.2. The van der Waals surface area contributed by atoms with E-state index >= 15 is 0 Å². The molecule has 1 atom stereocenters. The highest BCUT2D eigenvalue weighted by Gasteiger charge is 2.28. The van der Waals surface area contributed by atoms with Gasteiger partial charge in [-0.05, 0) is 44.8 Å². The molecule has 0 radical (unpaired) electrons. The Kier molecular flexibility index (Phi) is 4.49. The van der Waals surface area contributed by atoms with Gasteiger partial charge in [0.25, 0.3) is 0 Å². The minimum atomic E-state index is 0.671. The van der Waals surface area contributed by atoms with Gasteiger partial charge in [-0.3, -0.25) is 4.90 Å². The first-order valence-electron chi connectivity index (χ1n) is 10.1. The molecule has 5 heterocycles. The molecule has 1 N–H and O–H groups in total. The maximum Gasteiger partial charge on any atom is 0.139 e. The van der Waals surface area contributed by atoms with Crippen molar-refractivity contribution in [2.45, 2.75) is 38.1 Å². The summed E-state index contributed by atoms with van der Waals surface area (Å²) in [7, 11) is 0. The SMILES string of the molecule is c1ncc(-c2c[nH]c3nccc(N4CCC[C@H](N5CCCCC5)C4)c23)cn1. The summed E-state index contributed by atoms with van der Waals surface area (Å²) >= 11 is 0. The van der Waals surface area contributed by atoms with Crippen molar-refractivity contribution >= 4 is 16.7 Å². The van der Waals surface area contributed by atoms with Crippen molar-refractivity contribution in [2.75, 3.05) is 31.1 Å². The summed E-state index contributed by atoms with van der Waals surface area (Å²) in [6, 6.07) is 2.84. The summed E-state index contributed by atoms with van der Waals surface area (Å²) in [4.78, 5) is 21.6. The zero-order valence-corrected chi connectivity index (χ0v) is 15.6. The average Bonchev–Trinajstić information content (AvgIpc) is 3.19. The molecule has 27 heavy (non-hydrogen) atoms. The van der Waals surface area contributed by atoms with Crippen molar-refractivity contribution in [1.29, 1.82) is 0 Å². The molecule has 2 saturated heterocycles. The molecule has 0 aromatic carbocycles. The first kappa shape index (κ1) is 16.7. The van der Waals surface area contributed by atoms with Gasteiger partial charge in [0.2, 0.25) is 0 Å². The van der Waals surface area contributed by atoms with E-state index in [4.69, 9.17) is 0 Å². The van der Waals surface area contributed by atoms with Gasteiger partial charge in [0.05, 0.1) is 5.39 Å². The fraction of sp³-hybridized carbons (Fsp3) is 0.476. The Hall–Kier alpha value is -2.47. The van der Waals surface area contributed by atoms with Crippen molar-refractivity contribution in [1.82, 2.24) is 24.8 Å². The number of likely N-dealkylation sites (tertiary alicyclic amines) is 1. The number of piperidine rings is 2. The average molecular weight is 362 g/mol. The molecule has 6 heteroatoms. The van der Waals surface area contributed by atoms with Gasteiger partial charge in [0.1, 0.15) is 12.0 Å². The first-order valence-corrected chi connectivity index (χ1v) is 10.1. The molecular weight excluding hydrogens is 336 g/mol. The maximum absolute atomic E-state index is 4.56. The van der Waals surface area contributed by atoms with E-state index in [2.05, 4.69) is 35.8 Å². The summed E-state index contributed by atoms with van der Waals surface area (Å²) < 4.78 is 0. The quantitative estimate of drug-likeness (QED) is 0.773. The molecular formula is C21H26N6. The molecule has 0 saturated carbocycles. The summed E-state index contributed by atoms with van der Waals surface area (Å²) in [5.41, 5.74) is 4.38. The van der Waals surface area contributed by atoms with Gasteiger partial charge >= 0.3 is 0 Å². The second-order valence-corrected chi connectivity index (χ2v) is 7.72. The number of aromatic amines is 1. The Labute approximate surface area is 159 Å². The normalized spacial score (nSPS) is 21.6. The van der Waals surface area contributed by atoms with Crippen LogP contribution in [0.15, 0.2) is 37.2 Å². The Morgan fingerprint density at radius 2 is 1.85 bits per heavy atom. The third kappa shape index (κ3) is 3.18. The molecule has 2 fully saturated rings. The van der Waals surface area contributed by atoms with E-state index in [1.807, 2.05) is 24.8 Å². The second-order valence-electron chi connectivity index (χ2n) is 7.72. The summed E-state index contributed by atoms with van der Waals surface area (Å²) in [5.74, 6) is 0. The number of H-pyrrole nitrogens is 1. The topological polar surface area (TPSA) is 60.9 Å². The molecule has 6 nitrogen and oxygen atoms in total. The summed E-state index contributed by atoms with van der Waals surface area (Å²) in [6.07, 6.45) is 15.9. The first-order chi connectivity index (χ1) is 13.4. The van der Waals surface area contributed by atoms with Crippen molar-refractivity contribution in [3.63, 3.8) is 0 Å². The van der Waals surface area contributed by atoms with Crippen LogP contribution in [0, 0.1) is 0 Å². The lowest BCUT2D eigenvalue weighted by Crippen LogP contribution is -2.49. The maximum atomic E-state index is 4.56. The van der Waals surface area contributed by atoms with Crippen LogP contribution in [0.4, 0.5) is 5.69 Å². The fourth-order valence-corrected chi connectivity index (χ4v) is 4.72. The molecule has 140 valence electrons. The Morgan fingerprint density at radius 3 is 2.70 bits per heavy atom. The van der Waals surface area contributed by atoms with E-state index in [0.29, 0.717) is 6.04 Å². The number of anilines is 1. The molecule has 0 aliphatic carbocycles. The van der Waals surface area contributed by atoms with Crippen LogP contribution in [0.3, 0.4) is 0 Å². The smallest absolute Gasteiger partial charge is 0.139 e. The van der Waals surface area contributed by atoms with Crippen LogP contribution in [-0.4, -0.2) is 57.1 Å². The van der Waals surface area contributed by atoms with Crippen molar-refractivity contribution < 1.29 is 0 Å². The fourth-order valence-electron chi connectivity index (χ4n) is 4.72. The molecule has 3 aromatic rings. The lowest BCUT2D eigenvalue weighted by Gasteiger charge is -2.42. The van der Waals surface area contributed by atoms with Gasteiger partial charge in [-0.15, -0.1) is 0 Å². The molecule has 5 rings (SSSR count). The third-order valence-corrected chi connectivity index (χ3v) is 6.07. The predicted octanol–water partition coefficient (Wildman–Crippen LogP) is 3.47. The van der Waals surface area contributed by atoms with E-state index in [1.54, 1.807) is 6.33 Å². The molecule has 0 unspecified atom stereocenters. The van der Waals surface area contributed by atoms with Crippen molar-refractivity contribution in [3.05, 3.63) is 37.2 Å². The predicted molar refractivity (Wildman–Crippen MR) is 108 cm³/mol. The second kappa shape index (κ2) is 7.27. The number of nitrogens with zero attached hydrogens (tertiary/aromatic N) is 5. The highest BCUT2D eigenvalue weighted by molar-refractivity contribution is 6.02. The van der Waals surface area contributed by atoms with Crippen LogP contribution >= 0.6 is 0 Å². The number of aromatic nitrogens is 4. The van der Waals surface area contributed by atoms with Gasteiger partial charge in [0.15, 0.2) is 0 Å². The van der Waals surface area contributed by atoms with Gasteiger partial charge in [-0.25, -0.2) is 15.0 Å². The Balaban J connectivity index is 1.50. The minimum absolute atomic E-state index is 0.671. The van der Waals surface area contributed by atoms with Gasteiger partial charge in [-0.2, -0.15) is 0 Å². The van der Waals surface area contributed by atoms with Crippen LogP contribution in [0.25, 0.3) is 22.2 Å². The van der Waals surface area contributed by atoms with Crippen molar-refractivity contribution in [2.24, 2.45) is 0 Å². The standard InChI is InChI=1S/C21H26N6/c1-2-8-26(9-3-1)17-5-4-10-27(14-17)19-6-7-24-21-20(19)18(13-25-21)16-11-22-15-23-12-16/h6-7,11-13,15,17H,1-5,8-10,14H2,(H,24,25)/t17-/m0/s1. The van der Waals surface area contributed by atoms with Gasteiger partial charge in [-0.1, -0.05) is 6.42 Å². The van der Waals surface area contributed by atoms with Crippen LogP contribution in [0.2, 0.25) is 0 Å². The Morgan fingerprint density at radius 1 is 1.00 bits per heavy atom. The molecule has 3 aromatic heterocycles. The van der Waals surface area contributed by atoms with E-state index < -0.39 is 0 Å². The zero-order valence-electron chi connectivity index (χ0n) is 15.6. The van der Waals surface area contributed by atoms with Crippen LogP contribution in [-0.2, 0) is 0 Å². The summed E-state index contributed by atoms with van der Waals surface area (Å²) in [6.45, 7) is 4.75. The van der Waals surface area contributed by atoms with Crippen LogP contribution < -0.4 is 4.90 Å². The van der Waals surface area contributed by atoms with Gasteiger partial charge < -0.3 is 9.88 Å². The monoisotopic (exact) mass is 362 g/mol. The van der Waals surface area contributed by atoms with E-state index in [1.165, 1.54) is 56.3 Å². The lowest BCUT2D eigenvalue weighted by atomic mass is 9.99. The van der Waals surface area contributed by atoms with Crippen LogP contribution in [0.5, 0.6) is 0 Å².